The number of nitrogens with one attached hydrogen (secondary N) is 1. The maximum atomic E-state index is 9.23. The maximum Gasteiger partial charge on any atom is 0.103 e. The largest absolute Gasteiger partial charge is 0.379 e. The number of rotatable bonds is 3. The first-order chi connectivity index (χ1) is 10.2. The van der Waals surface area contributed by atoms with E-state index in [1.165, 1.54) is 0 Å². The summed E-state index contributed by atoms with van der Waals surface area (Å²) in [7, 11) is 0. The van der Waals surface area contributed by atoms with Crippen molar-refractivity contribution >= 4 is 50.4 Å². The molecule has 0 spiro atoms. The van der Waals surface area contributed by atoms with Crippen LogP contribution in [0.2, 0.25) is 10.0 Å². The highest BCUT2D eigenvalue weighted by molar-refractivity contribution is 7.17. The van der Waals surface area contributed by atoms with Gasteiger partial charge in [0.1, 0.15) is 6.07 Å². The van der Waals surface area contributed by atoms with Gasteiger partial charge in [0.15, 0.2) is 0 Å². The molecule has 0 atom stereocenters. The highest BCUT2D eigenvalue weighted by Crippen LogP contribution is 2.31. The molecule has 0 amide bonds. The monoisotopic (exact) mass is 333 g/mol. The molecule has 0 fully saturated rings. The number of nitriles is 1. The molecule has 1 aromatic carbocycles. The van der Waals surface area contributed by atoms with E-state index in [9.17, 15) is 5.26 Å². The van der Waals surface area contributed by atoms with Crippen molar-refractivity contribution in [2.75, 3.05) is 5.32 Å². The molecular weight excluding hydrogens is 325 g/mol. The fourth-order valence-electron chi connectivity index (χ4n) is 2.02. The Kier molecular flexibility index (Phi) is 3.98. The number of aromatic nitrogens is 1. The van der Waals surface area contributed by atoms with Crippen LogP contribution in [0.4, 0.5) is 5.69 Å². The first kappa shape index (κ1) is 14.2. The number of fused-ring (bicyclic) bond motifs is 1. The van der Waals surface area contributed by atoms with Gasteiger partial charge in [0, 0.05) is 22.8 Å². The standard InChI is InChI=1S/C15H9Cl2N3S/c16-11-2-1-9(12(17)5-11)7-20-14-10(6-18)8-19-13-3-4-21-15(13)14/h1-5,8H,7H2,(H,19,20). The molecule has 3 nitrogen and oxygen atoms in total. The number of hydrogen-bond acceptors (Lipinski definition) is 4. The summed E-state index contributed by atoms with van der Waals surface area (Å²) < 4.78 is 0.971. The van der Waals surface area contributed by atoms with Crippen LogP contribution in [0.5, 0.6) is 0 Å². The number of halogens is 2. The van der Waals surface area contributed by atoms with Crippen molar-refractivity contribution in [2.45, 2.75) is 6.54 Å². The van der Waals surface area contributed by atoms with E-state index in [2.05, 4.69) is 16.4 Å². The second-order valence-corrected chi connectivity index (χ2v) is 6.14. The van der Waals surface area contributed by atoms with Crippen LogP contribution in [0, 0.1) is 11.3 Å². The van der Waals surface area contributed by atoms with Gasteiger partial charge in [0.25, 0.3) is 0 Å². The third kappa shape index (κ3) is 2.81. The Hall–Kier alpha value is -1.80. The number of hydrogen-bond donors (Lipinski definition) is 1. The Morgan fingerprint density at radius 3 is 2.90 bits per heavy atom. The summed E-state index contributed by atoms with van der Waals surface area (Å²) >= 11 is 13.6. The van der Waals surface area contributed by atoms with Crippen molar-refractivity contribution in [2.24, 2.45) is 0 Å². The van der Waals surface area contributed by atoms with Gasteiger partial charge in [-0.3, -0.25) is 4.98 Å². The molecule has 2 heterocycles. The normalized spacial score (nSPS) is 10.5. The average molecular weight is 334 g/mol. The summed E-state index contributed by atoms with van der Waals surface area (Å²) in [6, 6.07) is 9.47. The molecule has 3 rings (SSSR count). The minimum atomic E-state index is 0.516. The molecule has 104 valence electrons. The lowest BCUT2D eigenvalue weighted by Crippen LogP contribution is -2.02. The van der Waals surface area contributed by atoms with Crippen LogP contribution in [0.3, 0.4) is 0 Å². The van der Waals surface area contributed by atoms with E-state index in [-0.39, 0.29) is 0 Å². The van der Waals surface area contributed by atoms with Crippen molar-refractivity contribution in [1.29, 1.82) is 5.26 Å². The quantitative estimate of drug-likeness (QED) is 0.726. The third-order valence-corrected chi connectivity index (χ3v) is 4.57. The minimum absolute atomic E-state index is 0.516. The number of nitrogens with zero attached hydrogens (tertiary/aromatic N) is 2. The van der Waals surface area contributed by atoms with Crippen LogP contribution in [-0.2, 0) is 6.54 Å². The van der Waals surface area contributed by atoms with E-state index in [0.717, 1.165) is 21.5 Å². The zero-order valence-electron chi connectivity index (χ0n) is 10.7. The molecule has 0 unspecified atom stereocenters. The zero-order valence-corrected chi connectivity index (χ0v) is 13.1. The summed E-state index contributed by atoms with van der Waals surface area (Å²) in [6.07, 6.45) is 1.58. The fourth-order valence-corrected chi connectivity index (χ4v) is 3.37. The first-order valence-electron chi connectivity index (χ1n) is 6.13. The van der Waals surface area contributed by atoms with Crippen LogP contribution >= 0.6 is 34.5 Å². The summed E-state index contributed by atoms with van der Waals surface area (Å²) in [5.41, 5.74) is 3.12. The molecule has 6 heteroatoms. The Balaban J connectivity index is 1.94. The van der Waals surface area contributed by atoms with Crippen molar-refractivity contribution in [1.82, 2.24) is 4.98 Å². The van der Waals surface area contributed by atoms with E-state index < -0.39 is 0 Å². The molecule has 0 saturated carbocycles. The SMILES string of the molecule is N#Cc1cnc2ccsc2c1NCc1ccc(Cl)cc1Cl. The van der Waals surface area contributed by atoms with Gasteiger partial charge in [0.2, 0.25) is 0 Å². The lowest BCUT2D eigenvalue weighted by molar-refractivity contribution is 1.15. The van der Waals surface area contributed by atoms with Gasteiger partial charge in [-0.2, -0.15) is 5.26 Å². The first-order valence-corrected chi connectivity index (χ1v) is 7.76. The molecule has 0 bridgehead atoms. The summed E-state index contributed by atoms with van der Waals surface area (Å²) in [5, 5.41) is 15.7. The van der Waals surface area contributed by atoms with E-state index in [1.54, 1.807) is 29.7 Å². The van der Waals surface area contributed by atoms with Crippen LogP contribution in [0.25, 0.3) is 10.2 Å². The van der Waals surface area contributed by atoms with E-state index in [0.29, 0.717) is 22.2 Å². The lowest BCUT2D eigenvalue weighted by Gasteiger charge is -2.10. The minimum Gasteiger partial charge on any atom is -0.379 e. The number of benzene rings is 1. The fraction of sp³-hybridized carbons (Fsp3) is 0.0667. The van der Waals surface area contributed by atoms with Crippen LogP contribution < -0.4 is 5.32 Å². The van der Waals surface area contributed by atoms with Crippen LogP contribution in [-0.4, -0.2) is 4.98 Å². The maximum absolute atomic E-state index is 9.23. The molecule has 1 N–H and O–H groups in total. The number of anilines is 1. The molecular formula is C15H9Cl2N3S. The van der Waals surface area contributed by atoms with Gasteiger partial charge < -0.3 is 5.32 Å². The van der Waals surface area contributed by atoms with Crippen LogP contribution in [0.1, 0.15) is 11.1 Å². The predicted molar refractivity (Wildman–Crippen MR) is 88.1 cm³/mol. The summed E-state index contributed by atoms with van der Waals surface area (Å²) in [5.74, 6) is 0. The smallest absolute Gasteiger partial charge is 0.103 e. The van der Waals surface area contributed by atoms with E-state index in [1.807, 2.05) is 17.5 Å². The van der Waals surface area contributed by atoms with Gasteiger partial charge in [-0.25, -0.2) is 0 Å². The van der Waals surface area contributed by atoms with Gasteiger partial charge in [-0.15, -0.1) is 11.3 Å². The van der Waals surface area contributed by atoms with E-state index in [4.69, 9.17) is 23.2 Å². The molecule has 0 aliphatic carbocycles. The number of thiophene rings is 1. The predicted octanol–water partition coefficient (Wildman–Crippen LogP) is 5.09. The topological polar surface area (TPSA) is 48.7 Å². The second kappa shape index (κ2) is 5.90. The van der Waals surface area contributed by atoms with Crippen molar-refractivity contribution in [3.05, 3.63) is 57.0 Å². The van der Waals surface area contributed by atoms with Gasteiger partial charge in [0.05, 0.1) is 21.5 Å². The van der Waals surface area contributed by atoms with Crippen molar-refractivity contribution in [3.8, 4) is 6.07 Å². The third-order valence-electron chi connectivity index (χ3n) is 3.06. The molecule has 21 heavy (non-hydrogen) atoms. The lowest BCUT2D eigenvalue weighted by atomic mass is 10.2. The molecule has 0 radical (unpaired) electrons. The highest BCUT2D eigenvalue weighted by Gasteiger charge is 2.10. The van der Waals surface area contributed by atoms with Crippen LogP contribution in [0.15, 0.2) is 35.8 Å². The molecule has 0 aliphatic heterocycles. The molecule has 3 aromatic rings. The Morgan fingerprint density at radius 1 is 1.29 bits per heavy atom. The molecule has 2 aromatic heterocycles. The zero-order chi connectivity index (χ0) is 14.8. The van der Waals surface area contributed by atoms with Gasteiger partial charge in [-0.1, -0.05) is 29.3 Å². The summed E-state index contributed by atoms with van der Waals surface area (Å²) in [4.78, 5) is 4.26. The highest BCUT2D eigenvalue weighted by atomic mass is 35.5. The Morgan fingerprint density at radius 2 is 2.14 bits per heavy atom. The second-order valence-electron chi connectivity index (χ2n) is 4.38. The Bertz CT molecular complexity index is 852. The molecule has 0 saturated heterocycles. The average Bonchev–Trinajstić information content (AvgIpc) is 2.94. The molecule has 0 aliphatic rings. The summed E-state index contributed by atoms with van der Waals surface area (Å²) in [6.45, 7) is 0.516. The van der Waals surface area contributed by atoms with Gasteiger partial charge in [-0.05, 0) is 29.1 Å². The van der Waals surface area contributed by atoms with Crippen molar-refractivity contribution in [3.63, 3.8) is 0 Å². The van der Waals surface area contributed by atoms with E-state index >= 15 is 0 Å². The Labute approximate surface area is 135 Å². The number of pyridine rings is 1. The van der Waals surface area contributed by atoms with Crippen molar-refractivity contribution < 1.29 is 0 Å². The van der Waals surface area contributed by atoms with Gasteiger partial charge >= 0.3 is 0 Å².